The van der Waals surface area contributed by atoms with Gasteiger partial charge in [-0.1, -0.05) is 37.4 Å². The highest BCUT2D eigenvalue weighted by atomic mass is 16.5. The van der Waals surface area contributed by atoms with E-state index in [0.29, 0.717) is 65.0 Å². The van der Waals surface area contributed by atoms with E-state index in [4.69, 9.17) is 35.4 Å². The van der Waals surface area contributed by atoms with E-state index < -0.39 is 28.4 Å². The van der Waals surface area contributed by atoms with Gasteiger partial charge in [0.05, 0.1) is 46.1 Å². The minimum absolute atomic E-state index is 0.0107. The lowest BCUT2D eigenvalue weighted by molar-refractivity contribution is -0.138. The van der Waals surface area contributed by atoms with Crippen LogP contribution in [0.15, 0.2) is 69.0 Å². The number of anilines is 2. The third-order valence-corrected chi connectivity index (χ3v) is 7.95. The predicted octanol–water partition coefficient (Wildman–Crippen LogP) is 2.80. The molecular weight excluding hydrogens is 632 g/mol. The highest BCUT2D eigenvalue weighted by molar-refractivity contribution is 6.20. The summed E-state index contributed by atoms with van der Waals surface area (Å²) in [4.78, 5) is 68.1. The first-order valence-electron chi connectivity index (χ1n) is 16.3. The highest BCUT2D eigenvalue weighted by Gasteiger charge is 2.24. The van der Waals surface area contributed by atoms with Gasteiger partial charge < -0.3 is 30.4 Å². The number of unbranched alkanes of at least 4 members (excludes halogenated alkanes) is 2. The van der Waals surface area contributed by atoms with Crippen LogP contribution in [-0.2, 0) is 35.1 Å². The van der Waals surface area contributed by atoms with Gasteiger partial charge in [0, 0.05) is 62.4 Å². The van der Waals surface area contributed by atoms with Crippen molar-refractivity contribution in [2.24, 2.45) is 4.99 Å². The molecule has 3 aromatic carbocycles. The summed E-state index contributed by atoms with van der Waals surface area (Å²) in [6.45, 7) is 9.45. The lowest BCUT2D eigenvalue weighted by Crippen LogP contribution is -2.28. The Bertz CT molecular complexity index is 2060. The van der Waals surface area contributed by atoms with E-state index in [1.165, 1.54) is 4.57 Å². The van der Waals surface area contributed by atoms with Crippen molar-refractivity contribution in [1.29, 1.82) is 0 Å². The predicted molar refractivity (Wildman–Crippen MR) is 189 cm³/mol. The van der Waals surface area contributed by atoms with Crippen LogP contribution in [0.4, 0.5) is 11.4 Å². The molecule has 4 aromatic rings. The van der Waals surface area contributed by atoms with Gasteiger partial charge in [-0.25, -0.2) is 9.59 Å². The Hall–Kier alpha value is -5.14. The van der Waals surface area contributed by atoms with E-state index in [2.05, 4.69) is 13.2 Å². The number of carbonyl (C=O) groups is 2. The number of nitrogens with zero attached hydrogens (tertiary/aromatic N) is 2. The summed E-state index contributed by atoms with van der Waals surface area (Å²) in [5, 5.41) is 0.634. The molecule has 4 rings (SSSR count). The third kappa shape index (κ3) is 8.67. The van der Waals surface area contributed by atoms with E-state index in [9.17, 15) is 24.0 Å². The van der Waals surface area contributed by atoms with Gasteiger partial charge in [-0.2, -0.15) is 0 Å². The summed E-state index contributed by atoms with van der Waals surface area (Å²) in [6.07, 6.45) is 5.89. The quantitative estimate of drug-likeness (QED) is 0.0350. The van der Waals surface area contributed by atoms with Crippen molar-refractivity contribution in [3.63, 3.8) is 0 Å². The Morgan fingerprint density at radius 3 is 1.67 bits per heavy atom. The number of ether oxygens (including phenoxy) is 4. The molecule has 0 aliphatic rings. The summed E-state index contributed by atoms with van der Waals surface area (Å²) in [6, 6.07) is 6.44. The molecular formula is C36H42N4O9. The van der Waals surface area contributed by atoms with E-state index in [1.807, 2.05) is 0 Å². The molecule has 1 aromatic heterocycles. The molecule has 0 aliphatic carbocycles. The van der Waals surface area contributed by atoms with Crippen LogP contribution in [0.2, 0.25) is 0 Å². The largest absolute Gasteiger partial charge is 0.463 e. The van der Waals surface area contributed by atoms with Gasteiger partial charge in [-0.3, -0.25) is 23.9 Å². The zero-order valence-corrected chi connectivity index (χ0v) is 27.5. The molecule has 0 unspecified atom stereocenters. The average Bonchev–Trinajstić information content (AvgIpc) is 3.39. The second kappa shape index (κ2) is 17.9. The van der Waals surface area contributed by atoms with Gasteiger partial charge in [-0.15, -0.1) is 0 Å². The van der Waals surface area contributed by atoms with E-state index in [-0.39, 0.29) is 75.5 Å². The SMILES string of the molecule is C=CC(=O)OCCCCOCCC/N=c1\c2c(N)c3c(=O)c4ccccc4c(=O)c3c(N)c2c(=O)n1CCCOCCCCOC(=O)C=C. The summed E-state index contributed by atoms with van der Waals surface area (Å²) in [5.41, 5.74) is 12.0. The molecule has 13 heteroatoms. The number of rotatable bonds is 20. The van der Waals surface area contributed by atoms with Crippen molar-refractivity contribution in [2.75, 3.05) is 57.7 Å². The van der Waals surface area contributed by atoms with Crippen LogP contribution in [0, 0.1) is 0 Å². The zero-order valence-electron chi connectivity index (χ0n) is 27.5. The van der Waals surface area contributed by atoms with Crippen molar-refractivity contribution in [1.82, 2.24) is 4.57 Å². The van der Waals surface area contributed by atoms with Crippen molar-refractivity contribution in [3.05, 3.63) is 85.9 Å². The standard InChI is InChI=1S/C36H42N4O9/c1-3-25(41)48-21-9-7-17-46-19-11-15-39-35-29-30(36(45)40(35)16-12-20-47-18-8-10-22-49-26(42)4-2)32(38)28-27(31(29)37)33(43)23-13-5-6-14-24(23)34(28)44/h3-6,13-14H,1-2,7-12,15-22,37-38H2/b39-35+. The number of fused-ring (bicyclic) bond motifs is 3. The first kappa shape index (κ1) is 36.7. The van der Waals surface area contributed by atoms with E-state index in [0.717, 1.165) is 12.2 Å². The van der Waals surface area contributed by atoms with Crippen LogP contribution in [-0.4, -0.2) is 62.7 Å². The second-order valence-electron chi connectivity index (χ2n) is 11.3. The first-order chi connectivity index (χ1) is 23.7. The van der Waals surface area contributed by atoms with Crippen LogP contribution >= 0.6 is 0 Å². The molecule has 260 valence electrons. The molecule has 0 radical (unpaired) electrons. The van der Waals surface area contributed by atoms with Crippen LogP contribution in [0.25, 0.3) is 32.3 Å². The molecule has 0 aliphatic heterocycles. The van der Waals surface area contributed by atoms with Gasteiger partial charge in [0.2, 0.25) is 0 Å². The Kier molecular flexibility index (Phi) is 13.4. The lowest BCUT2D eigenvalue weighted by atomic mass is 9.96. The molecule has 0 saturated carbocycles. The molecule has 0 fully saturated rings. The van der Waals surface area contributed by atoms with Gasteiger partial charge in [0.15, 0.2) is 10.9 Å². The van der Waals surface area contributed by atoms with Crippen LogP contribution in [0.3, 0.4) is 0 Å². The maximum atomic E-state index is 13.9. The van der Waals surface area contributed by atoms with Crippen molar-refractivity contribution in [3.8, 4) is 0 Å². The second-order valence-corrected chi connectivity index (χ2v) is 11.3. The van der Waals surface area contributed by atoms with Gasteiger partial charge in [-0.05, 0) is 38.5 Å². The number of esters is 2. The molecule has 13 nitrogen and oxygen atoms in total. The Balaban J connectivity index is 1.56. The number of benzene rings is 3. The fourth-order valence-electron chi connectivity index (χ4n) is 5.56. The molecule has 0 atom stereocenters. The van der Waals surface area contributed by atoms with Crippen molar-refractivity contribution < 1.29 is 28.5 Å². The summed E-state index contributed by atoms with van der Waals surface area (Å²) in [5.74, 6) is -0.929. The monoisotopic (exact) mass is 674 g/mol. The highest BCUT2D eigenvalue weighted by Crippen LogP contribution is 2.31. The third-order valence-electron chi connectivity index (χ3n) is 7.95. The molecule has 49 heavy (non-hydrogen) atoms. The molecule has 0 amide bonds. The zero-order chi connectivity index (χ0) is 35.3. The topological polar surface area (TPSA) is 192 Å². The summed E-state index contributed by atoms with van der Waals surface area (Å²) in [7, 11) is 0. The van der Waals surface area contributed by atoms with E-state index in [1.54, 1.807) is 24.3 Å². The maximum Gasteiger partial charge on any atom is 0.330 e. The number of hydrogen-bond donors (Lipinski definition) is 2. The minimum atomic E-state index is -0.469. The van der Waals surface area contributed by atoms with Gasteiger partial charge in [0.1, 0.15) is 5.49 Å². The number of aromatic nitrogens is 1. The molecule has 0 saturated heterocycles. The Morgan fingerprint density at radius 2 is 1.14 bits per heavy atom. The molecule has 4 N–H and O–H groups in total. The fraction of sp³-hybridized carbons (Fsp3) is 0.389. The lowest BCUT2D eigenvalue weighted by Gasteiger charge is -2.08. The normalized spacial score (nSPS) is 11.8. The molecule has 0 spiro atoms. The van der Waals surface area contributed by atoms with Gasteiger partial charge in [0.25, 0.3) is 5.56 Å². The van der Waals surface area contributed by atoms with Crippen LogP contribution in [0.5, 0.6) is 0 Å². The fourth-order valence-corrected chi connectivity index (χ4v) is 5.56. The van der Waals surface area contributed by atoms with Crippen LogP contribution in [0.1, 0.15) is 38.5 Å². The average molecular weight is 675 g/mol. The van der Waals surface area contributed by atoms with Crippen molar-refractivity contribution >= 4 is 55.6 Å². The smallest absolute Gasteiger partial charge is 0.330 e. The minimum Gasteiger partial charge on any atom is -0.463 e. The Labute approximate surface area is 282 Å². The first-order valence-corrected chi connectivity index (χ1v) is 16.3. The molecule has 1 heterocycles. The van der Waals surface area contributed by atoms with Gasteiger partial charge >= 0.3 is 11.9 Å². The Morgan fingerprint density at radius 1 is 0.673 bits per heavy atom. The summed E-state index contributed by atoms with van der Waals surface area (Å²) < 4.78 is 22.8. The number of hydrogen-bond acceptors (Lipinski definition) is 12. The van der Waals surface area contributed by atoms with Crippen molar-refractivity contribution in [2.45, 2.75) is 45.1 Å². The summed E-state index contributed by atoms with van der Waals surface area (Å²) >= 11 is 0. The number of nitrogen functional groups attached to an aromatic ring is 2. The van der Waals surface area contributed by atoms with Crippen LogP contribution < -0.4 is 33.4 Å². The number of carbonyl (C=O) groups excluding carboxylic acids is 2. The molecule has 0 bridgehead atoms. The van der Waals surface area contributed by atoms with E-state index >= 15 is 0 Å². The maximum absolute atomic E-state index is 13.9. The number of nitrogens with two attached hydrogens (primary N) is 2.